The third-order valence-electron chi connectivity index (χ3n) is 1.66. The van der Waals surface area contributed by atoms with Crippen LogP contribution >= 0.6 is 0 Å². The first kappa shape index (κ1) is 9.50. The molecule has 6 heteroatoms. The minimum absolute atomic E-state index is 0.0324. The molecule has 0 atom stereocenters. The first-order chi connectivity index (χ1) is 6.04. The molecule has 1 aromatic heterocycles. The molecule has 0 saturated carbocycles. The van der Waals surface area contributed by atoms with Crippen molar-refractivity contribution >= 4 is 5.69 Å². The molecule has 0 aliphatic carbocycles. The molecule has 0 amide bonds. The average molecular weight is 188 g/mol. The quantitative estimate of drug-likeness (QED) is 0.528. The monoisotopic (exact) mass is 188 g/mol. The number of hydrogen-bond donors (Lipinski definition) is 0. The highest BCUT2D eigenvalue weighted by atomic mass is 19.3. The van der Waals surface area contributed by atoms with Crippen LogP contribution in [0.2, 0.25) is 0 Å². The SMILES string of the molecule is Cc1c(C(F)F)cncc1[N+](=O)[O-]. The highest BCUT2D eigenvalue weighted by Gasteiger charge is 2.19. The Hall–Kier alpha value is -1.59. The molecule has 0 bridgehead atoms. The van der Waals surface area contributed by atoms with E-state index >= 15 is 0 Å². The summed E-state index contributed by atoms with van der Waals surface area (Å²) in [5, 5.41) is 10.3. The van der Waals surface area contributed by atoms with Crippen LogP contribution in [-0.2, 0) is 0 Å². The first-order valence-electron chi connectivity index (χ1n) is 3.41. The van der Waals surface area contributed by atoms with E-state index in [1.807, 2.05) is 0 Å². The van der Waals surface area contributed by atoms with Gasteiger partial charge in [-0.05, 0) is 6.92 Å². The molecule has 70 valence electrons. The molecule has 1 aromatic rings. The Morgan fingerprint density at radius 3 is 2.62 bits per heavy atom. The Kier molecular flexibility index (Phi) is 2.50. The lowest BCUT2D eigenvalue weighted by atomic mass is 10.1. The van der Waals surface area contributed by atoms with Gasteiger partial charge in [0.05, 0.1) is 4.92 Å². The number of halogens is 2. The maximum Gasteiger partial charge on any atom is 0.290 e. The summed E-state index contributed by atoms with van der Waals surface area (Å²) in [4.78, 5) is 13.0. The number of alkyl halides is 2. The average Bonchev–Trinajstić information content (AvgIpc) is 2.03. The Morgan fingerprint density at radius 2 is 2.15 bits per heavy atom. The van der Waals surface area contributed by atoms with Gasteiger partial charge in [0.1, 0.15) is 6.20 Å². The van der Waals surface area contributed by atoms with Gasteiger partial charge in [-0.3, -0.25) is 15.1 Å². The van der Waals surface area contributed by atoms with E-state index in [9.17, 15) is 18.9 Å². The summed E-state index contributed by atoms with van der Waals surface area (Å²) in [6.45, 7) is 1.28. The highest BCUT2D eigenvalue weighted by Crippen LogP contribution is 2.27. The summed E-state index contributed by atoms with van der Waals surface area (Å²) < 4.78 is 24.4. The molecule has 0 spiro atoms. The van der Waals surface area contributed by atoms with Gasteiger partial charge in [-0.2, -0.15) is 0 Å². The Labute approximate surface area is 72.4 Å². The van der Waals surface area contributed by atoms with Gasteiger partial charge in [-0.15, -0.1) is 0 Å². The van der Waals surface area contributed by atoms with Gasteiger partial charge in [0.2, 0.25) is 0 Å². The van der Waals surface area contributed by atoms with Gasteiger partial charge in [0.25, 0.3) is 12.1 Å². The van der Waals surface area contributed by atoms with E-state index in [-0.39, 0.29) is 11.3 Å². The number of pyridine rings is 1. The maximum atomic E-state index is 12.2. The first-order valence-corrected chi connectivity index (χ1v) is 3.41. The van der Waals surface area contributed by atoms with Crippen molar-refractivity contribution in [1.82, 2.24) is 4.98 Å². The fourth-order valence-electron chi connectivity index (χ4n) is 0.934. The van der Waals surface area contributed by atoms with Crippen LogP contribution in [0.15, 0.2) is 12.4 Å². The van der Waals surface area contributed by atoms with Crippen LogP contribution < -0.4 is 0 Å². The van der Waals surface area contributed by atoms with E-state index < -0.39 is 16.9 Å². The molecule has 0 aliphatic heterocycles. The summed E-state index contributed by atoms with van der Waals surface area (Å²) in [6.07, 6.45) is -0.832. The minimum Gasteiger partial charge on any atom is -0.258 e. The third kappa shape index (κ3) is 1.77. The van der Waals surface area contributed by atoms with Gasteiger partial charge in [-0.1, -0.05) is 0 Å². The number of aromatic nitrogens is 1. The lowest BCUT2D eigenvalue weighted by Crippen LogP contribution is -1.98. The van der Waals surface area contributed by atoms with Crippen molar-refractivity contribution in [3.8, 4) is 0 Å². The zero-order valence-corrected chi connectivity index (χ0v) is 6.70. The van der Waals surface area contributed by atoms with Gasteiger partial charge < -0.3 is 0 Å². The summed E-state index contributed by atoms with van der Waals surface area (Å²) >= 11 is 0. The molecule has 0 N–H and O–H groups in total. The largest absolute Gasteiger partial charge is 0.290 e. The van der Waals surface area contributed by atoms with Gasteiger partial charge in [-0.25, -0.2) is 8.78 Å². The Balaban J connectivity index is 3.26. The molecular weight excluding hydrogens is 182 g/mol. The smallest absolute Gasteiger partial charge is 0.258 e. The van der Waals surface area contributed by atoms with Crippen molar-refractivity contribution in [1.29, 1.82) is 0 Å². The van der Waals surface area contributed by atoms with E-state index in [1.165, 1.54) is 6.92 Å². The van der Waals surface area contributed by atoms with E-state index in [0.717, 1.165) is 12.4 Å². The van der Waals surface area contributed by atoms with Gasteiger partial charge in [0.15, 0.2) is 0 Å². The van der Waals surface area contributed by atoms with Gasteiger partial charge in [0, 0.05) is 17.3 Å². The number of nitro groups is 1. The summed E-state index contributed by atoms with van der Waals surface area (Å²) in [6, 6.07) is 0. The minimum atomic E-state index is -2.73. The van der Waals surface area contributed by atoms with Crippen LogP contribution in [0.1, 0.15) is 17.6 Å². The van der Waals surface area contributed by atoms with E-state index in [0.29, 0.717) is 0 Å². The second-order valence-electron chi connectivity index (χ2n) is 2.43. The van der Waals surface area contributed by atoms with Crippen molar-refractivity contribution in [2.45, 2.75) is 13.3 Å². The summed E-state index contributed by atoms with van der Waals surface area (Å²) in [5.74, 6) is 0. The molecule has 1 rings (SSSR count). The topological polar surface area (TPSA) is 56.0 Å². The van der Waals surface area contributed by atoms with E-state index in [2.05, 4.69) is 4.98 Å². The molecule has 0 aliphatic rings. The second kappa shape index (κ2) is 3.42. The molecule has 13 heavy (non-hydrogen) atoms. The molecular formula is C7H6F2N2O2. The lowest BCUT2D eigenvalue weighted by Gasteiger charge is -2.02. The lowest BCUT2D eigenvalue weighted by molar-refractivity contribution is -0.385. The molecule has 0 fully saturated rings. The van der Waals surface area contributed by atoms with E-state index in [1.54, 1.807) is 0 Å². The van der Waals surface area contributed by atoms with Crippen molar-refractivity contribution < 1.29 is 13.7 Å². The van der Waals surface area contributed by atoms with E-state index in [4.69, 9.17) is 0 Å². The summed E-state index contributed by atoms with van der Waals surface area (Å²) in [7, 11) is 0. The molecule has 0 saturated heterocycles. The van der Waals surface area contributed by atoms with Crippen molar-refractivity contribution in [3.63, 3.8) is 0 Å². The molecule has 0 aromatic carbocycles. The van der Waals surface area contributed by atoms with Crippen LogP contribution in [0.3, 0.4) is 0 Å². The summed E-state index contributed by atoms with van der Waals surface area (Å²) in [5.41, 5.74) is -0.804. The predicted octanol–water partition coefficient (Wildman–Crippen LogP) is 2.24. The molecule has 0 radical (unpaired) electrons. The third-order valence-corrected chi connectivity index (χ3v) is 1.66. The van der Waals surface area contributed by atoms with Crippen LogP contribution in [0, 0.1) is 17.0 Å². The zero-order valence-electron chi connectivity index (χ0n) is 6.70. The van der Waals surface area contributed by atoms with Crippen LogP contribution in [0.25, 0.3) is 0 Å². The standard InChI is InChI=1S/C7H6F2N2O2/c1-4-5(7(8)9)2-10-3-6(4)11(12)13/h2-3,7H,1H3. The fourth-order valence-corrected chi connectivity index (χ4v) is 0.934. The Bertz CT molecular complexity index is 341. The maximum absolute atomic E-state index is 12.2. The van der Waals surface area contributed by atoms with Crippen molar-refractivity contribution in [3.05, 3.63) is 33.6 Å². The van der Waals surface area contributed by atoms with Gasteiger partial charge >= 0.3 is 0 Å². The number of nitrogens with zero attached hydrogens (tertiary/aromatic N) is 2. The van der Waals surface area contributed by atoms with Crippen LogP contribution in [0.4, 0.5) is 14.5 Å². The normalized spacial score (nSPS) is 10.5. The second-order valence-corrected chi connectivity index (χ2v) is 2.43. The Morgan fingerprint density at radius 1 is 1.54 bits per heavy atom. The molecule has 4 nitrogen and oxygen atoms in total. The zero-order chi connectivity index (χ0) is 10.0. The predicted molar refractivity (Wildman–Crippen MR) is 40.6 cm³/mol. The van der Waals surface area contributed by atoms with Crippen LogP contribution in [0.5, 0.6) is 0 Å². The number of hydrogen-bond acceptors (Lipinski definition) is 3. The van der Waals surface area contributed by atoms with Crippen molar-refractivity contribution in [2.24, 2.45) is 0 Å². The molecule has 0 unspecified atom stereocenters. The number of rotatable bonds is 2. The van der Waals surface area contributed by atoms with Crippen LogP contribution in [-0.4, -0.2) is 9.91 Å². The highest BCUT2D eigenvalue weighted by molar-refractivity contribution is 5.41. The van der Waals surface area contributed by atoms with Crippen molar-refractivity contribution in [2.75, 3.05) is 0 Å². The fraction of sp³-hybridized carbons (Fsp3) is 0.286. The molecule has 1 heterocycles.